The number of aromatic nitrogens is 2. The first kappa shape index (κ1) is 22.6. The van der Waals surface area contributed by atoms with Crippen LogP contribution in [0.3, 0.4) is 0 Å². The average molecular weight is 479 g/mol. The number of hydrogen-bond donors (Lipinski definition) is 2. The van der Waals surface area contributed by atoms with Crippen LogP contribution in [-0.2, 0) is 6.54 Å². The number of nitrogens with one attached hydrogen (secondary N) is 2. The van der Waals surface area contributed by atoms with Crippen LogP contribution in [0.15, 0.2) is 78.9 Å². The van der Waals surface area contributed by atoms with Gasteiger partial charge in [-0.3, -0.25) is 9.59 Å². The summed E-state index contributed by atoms with van der Waals surface area (Å²) >= 11 is 12.4. The molecule has 0 unspecified atom stereocenters. The molecule has 1 aromatic heterocycles. The van der Waals surface area contributed by atoms with Gasteiger partial charge in [0.05, 0.1) is 29.1 Å². The summed E-state index contributed by atoms with van der Waals surface area (Å²) in [5, 5.41) is 10.8. The number of halogens is 2. The van der Waals surface area contributed by atoms with Crippen molar-refractivity contribution in [3.05, 3.63) is 111 Å². The highest BCUT2D eigenvalue weighted by atomic mass is 35.5. The minimum Gasteiger partial charge on any atom is -0.322 e. The Balaban J connectivity index is 1.55. The van der Waals surface area contributed by atoms with E-state index in [1.807, 2.05) is 30.3 Å². The fourth-order valence-corrected chi connectivity index (χ4v) is 3.83. The molecule has 2 amide bonds. The summed E-state index contributed by atoms with van der Waals surface area (Å²) < 4.78 is 1.58. The van der Waals surface area contributed by atoms with E-state index in [1.54, 1.807) is 60.1 Å². The molecule has 33 heavy (non-hydrogen) atoms. The molecule has 0 radical (unpaired) electrons. The van der Waals surface area contributed by atoms with E-state index in [1.165, 1.54) is 0 Å². The van der Waals surface area contributed by atoms with Gasteiger partial charge in [-0.1, -0.05) is 65.7 Å². The molecule has 0 aliphatic carbocycles. The minimum atomic E-state index is -0.441. The molecule has 0 fully saturated rings. The first-order valence-corrected chi connectivity index (χ1v) is 10.9. The van der Waals surface area contributed by atoms with Crippen molar-refractivity contribution >= 4 is 46.4 Å². The number of aryl methyl sites for hydroxylation is 1. The molecular weight excluding hydrogens is 459 g/mol. The van der Waals surface area contributed by atoms with Crippen LogP contribution >= 0.6 is 23.2 Å². The summed E-state index contributed by atoms with van der Waals surface area (Å²) in [5.74, 6) is -0.806. The van der Waals surface area contributed by atoms with Gasteiger partial charge in [-0.2, -0.15) is 5.10 Å². The molecule has 4 aromatic rings. The predicted octanol–water partition coefficient (Wildman–Crippen LogP) is 6.05. The number of rotatable bonds is 6. The van der Waals surface area contributed by atoms with Crippen LogP contribution < -0.4 is 10.6 Å². The summed E-state index contributed by atoms with van der Waals surface area (Å²) in [7, 11) is 0. The summed E-state index contributed by atoms with van der Waals surface area (Å²) in [6.07, 6.45) is 0. The first-order valence-electron chi connectivity index (χ1n) is 10.2. The zero-order chi connectivity index (χ0) is 23.4. The largest absolute Gasteiger partial charge is 0.322 e. The zero-order valence-corrected chi connectivity index (χ0v) is 19.2. The standard InChI is InChI=1S/C25H20Cl2N4O2/c1-16-22(23(27)31(30-16)15-17-7-3-2-4-8-17)25(33)29-21-10-6-5-9-20(21)24(32)28-19-13-11-18(26)12-14-19/h2-14H,15H2,1H3,(H,28,32)(H,29,33). The smallest absolute Gasteiger partial charge is 0.260 e. The van der Waals surface area contributed by atoms with E-state index in [0.29, 0.717) is 34.2 Å². The molecule has 3 aromatic carbocycles. The van der Waals surface area contributed by atoms with Gasteiger partial charge in [-0.25, -0.2) is 4.68 Å². The average Bonchev–Trinajstić information content (AvgIpc) is 3.09. The number of hydrogen-bond acceptors (Lipinski definition) is 3. The third-order valence-corrected chi connectivity index (χ3v) is 5.63. The van der Waals surface area contributed by atoms with Gasteiger partial charge in [0, 0.05) is 10.7 Å². The SMILES string of the molecule is Cc1nn(Cc2ccccc2)c(Cl)c1C(=O)Nc1ccccc1C(=O)Nc1ccc(Cl)cc1. The molecule has 166 valence electrons. The third kappa shape index (κ3) is 5.25. The lowest BCUT2D eigenvalue weighted by Gasteiger charge is -2.12. The predicted molar refractivity (Wildman–Crippen MR) is 131 cm³/mol. The van der Waals surface area contributed by atoms with Crippen LogP contribution in [0.5, 0.6) is 0 Å². The molecule has 2 N–H and O–H groups in total. The van der Waals surface area contributed by atoms with E-state index in [-0.39, 0.29) is 16.6 Å². The normalized spacial score (nSPS) is 10.6. The van der Waals surface area contributed by atoms with Crippen LogP contribution in [0.2, 0.25) is 10.2 Å². The highest BCUT2D eigenvalue weighted by Gasteiger charge is 2.22. The van der Waals surface area contributed by atoms with E-state index in [0.717, 1.165) is 5.56 Å². The molecular formula is C25H20Cl2N4O2. The lowest BCUT2D eigenvalue weighted by atomic mass is 10.1. The Kier molecular flexibility index (Phi) is 6.77. The maximum Gasteiger partial charge on any atom is 0.260 e. The van der Waals surface area contributed by atoms with E-state index in [2.05, 4.69) is 15.7 Å². The Morgan fingerprint density at radius 2 is 1.52 bits per heavy atom. The molecule has 0 atom stereocenters. The minimum absolute atomic E-state index is 0.233. The number of carbonyl (C=O) groups excluding carboxylic acids is 2. The molecule has 0 aliphatic rings. The van der Waals surface area contributed by atoms with E-state index in [4.69, 9.17) is 23.2 Å². The van der Waals surface area contributed by atoms with Crippen LogP contribution in [0.4, 0.5) is 11.4 Å². The van der Waals surface area contributed by atoms with E-state index >= 15 is 0 Å². The summed E-state index contributed by atoms with van der Waals surface area (Å²) in [6.45, 7) is 2.16. The summed E-state index contributed by atoms with van der Waals surface area (Å²) in [6, 6.07) is 23.2. The van der Waals surface area contributed by atoms with Gasteiger partial charge in [0.2, 0.25) is 0 Å². The lowest BCUT2D eigenvalue weighted by Crippen LogP contribution is -2.18. The number of anilines is 2. The number of nitrogens with zero attached hydrogens (tertiary/aromatic N) is 2. The molecule has 6 nitrogen and oxygen atoms in total. The van der Waals surface area contributed by atoms with Crippen molar-refractivity contribution in [3.8, 4) is 0 Å². The topological polar surface area (TPSA) is 76.0 Å². The molecule has 0 bridgehead atoms. The molecule has 0 saturated heterocycles. The fourth-order valence-electron chi connectivity index (χ4n) is 3.38. The Hall–Kier alpha value is -3.61. The quantitative estimate of drug-likeness (QED) is 0.354. The van der Waals surface area contributed by atoms with Crippen molar-refractivity contribution in [1.29, 1.82) is 0 Å². The van der Waals surface area contributed by atoms with Crippen LogP contribution in [0.25, 0.3) is 0 Å². The van der Waals surface area contributed by atoms with Crippen molar-refractivity contribution < 1.29 is 9.59 Å². The number of para-hydroxylation sites is 1. The number of amides is 2. The van der Waals surface area contributed by atoms with Gasteiger partial charge in [0.1, 0.15) is 5.15 Å². The number of benzene rings is 3. The van der Waals surface area contributed by atoms with E-state index in [9.17, 15) is 9.59 Å². The van der Waals surface area contributed by atoms with Crippen LogP contribution in [0, 0.1) is 6.92 Å². The van der Waals surface area contributed by atoms with Crippen molar-refractivity contribution in [2.24, 2.45) is 0 Å². The molecule has 0 saturated carbocycles. The second kappa shape index (κ2) is 9.90. The highest BCUT2D eigenvalue weighted by molar-refractivity contribution is 6.34. The molecule has 4 rings (SSSR count). The second-order valence-corrected chi connectivity index (χ2v) is 8.15. The molecule has 0 aliphatic heterocycles. The van der Waals surface area contributed by atoms with Crippen LogP contribution in [0.1, 0.15) is 32.0 Å². The van der Waals surface area contributed by atoms with E-state index < -0.39 is 5.91 Å². The van der Waals surface area contributed by atoms with Crippen molar-refractivity contribution in [2.75, 3.05) is 10.6 Å². The van der Waals surface area contributed by atoms with Gasteiger partial charge in [0.15, 0.2) is 0 Å². The van der Waals surface area contributed by atoms with Gasteiger partial charge in [0.25, 0.3) is 11.8 Å². The lowest BCUT2D eigenvalue weighted by molar-refractivity contribution is 0.102. The Morgan fingerprint density at radius 3 is 2.24 bits per heavy atom. The summed E-state index contributed by atoms with van der Waals surface area (Å²) in [5.41, 5.74) is 3.04. The van der Waals surface area contributed by atoms with Crippen molar-refractivity contribution in [2.45, 2.75) is 13.5 Å². The van der Waals surface area contributed by atoms with Gasteiger partial charge in [-0.05, 0) is 48.9 Å². The summed E-state index contributed by atoms with van der Waals surface area (Å²) in [4.78, 5) is 25.9. The van der Waals surface area contributed by atoms with Crippen molar-refractivity contribution in [1.82, 2.24) is 9.78 Å². The Labute approximate surface area is 201 Å². The molecule has 0 spiro atoms. The number of carbonyl (C=O) groups is 2. The van der Waals surface area contributed by atoms with Crippen molar-refractivity contribution in [3.63, 3.8) is 0 Å². The van der Waals surface area contributed by atoms with Gasteiger partial charge < -0.3 is 10.6 Å². The second-order valence-electron chi connectivity index (χ2n) is 7.36. The fraction of sp³-hybridized carbons (Fsp3) is 0.0800. The molecule has 8 heteroatoms. The molecule has 1 heterocycles. The van der Waals surface area contributed by atoms with Gasteiger partial charge >= 0.3 is 0 Å². The Morgan fingerprint density at radius 1 is 0.848 bits per heavy atom. The van der Waals surface area contributed by atoms with Crippen LogP contribution in [-0.4, -0.2) is 21.6 Å². The Bertz CT molecular complexity index is 1300. The zero-order valence-electron chi connectivity index (χ0n) is 17.7. The maximum absolute atomic E-state index is 13.1. The monoisotopic (exact) mass is 478 g/mol. The maximum atomic E-state index is 13.1. The van der Waals surface area contributed by atoms with Gasteiger partial charge in [-0.15, -0.1) is 0 Å². The highest BCUT2D eigenvalue weighted by Crippen LogP contribution is 2.24. The first-order chi connectivity index (χ1) is 15.9. The third-order valence-electron chi connectivity index (χ3n) is 4.99.